The zero-order chi connectivity index (χ0) is 22.2. The van der Waals surface area contributed by atoms with Gasteiger partial charge in [0.05, 0.1) is 17.4 Å². The third kappa shape index (κ3) is 5.28. The highest BCUT2D eigenvalue weighted by atomic mass is 35.5. The molecular formula is C24H35ClFN3O2. The summed E-state index contributed by atoms with van der Waals surface area (Å²) in [5.41, 5.74) is 1.76. The second kappa shape index (κ2) is 9.14. The monoisotopic (exact) mass is 451 g/mol. The second-order valence-corrected chi connectivity index (χ2v) is 10.7. The van der Waals surface area contributed by atoms with Crippen LogP contribution in [-0.2, 0) is 11.3 Å². The van der Waals surface area contributed by atoms with E-state index in [4.69, 9.17) is 16.3 Å². The van der Waals surface area contributed by atoms with Crippen molar-refractivity contribution in [3.05, 3.63) is 28.8 Å². The van der Waals surface area contributed by atoms with Gasteiger partial charge in [-0.1, -0.05) is 17.7 Å². The van der Waals surface area contributed by atoms with Crippen molar-refractivity contribution in [2.45, 2.75) is 83.1 Å². The molecule has 0 radical (unpaired) electrons. The van der Waals surface area contributed by atoms with Crippen LogP contribution < -0.4 is 10.2 Å². The number of piperidine rings is 1. The van der Waals surface area contributed by atoms with Crippen molar-refractivity contribution in [1.82, 2.24) is 10.2 Å². The first-order chi connectivity index (χ1) is 14.7. The number of hydrogen-bond donors (Lipinski definition) is 1. The number of halogens is 2. The Bertz CT molecular complexity index is 792. The van der Waals surface area contributed by atoms with Crippen molar-refractivity contribution in [2.75, 3.05) is 24.7 Å². The van der Waals surface area contributed by atoms with Gasteiger partial charge in [0, 0.05) is 37.8 Å². The van der Waals surface area contributed by atoms with E-state index in [1.807, 2.05) is 20.8 Å². The third-order valence-corrected chi connectivity index (χ3v) is 7.24. The molecule has 1 N–H and O–H groups in total. The van der Waals surface area contributed by atoms with Crippen molar-refractivity contribution in [1.29, 1.82) is 0 Å². The summed E-state index contributed by atoms with van der Waals surface area (Å²) in [4.78, 5) is 17.0. The normalized spacial score (nSPS) is 27.0. The number of anilines is 1. The van der Waals surface area contributed by atoms with Gasteiger partial charge in [-0.2, -0.15) is 0 Å². The van der Waals surface area contributed by atoms with Gasteiger partial charge in [-0.15, -0.1) is 0 Å². The number of fused-ring (bicyclic) bond motifs is 2. The molecule has 3 atom stereocenters. The van der Waals surface area contributed by atoms with Crippen molar-refractivity contribution in [3.8, 4) is 0 Å². The Labute approximate surface area is 190 Å². The molecule has 3 fully saturated rings. The first-order valence-electron chi connectivity index (χ1n) is 11.6. The molecule has 3 aliphatic rings. The molecule has 2 bridgehead atoms. The fourth-order valence-electron chi connectivity index (χ4n) is 5.41. The molecule has 3 saturated heterocycles. The van der Waals surface area contributed by atoms with Gasteiger partial charge in [0.1, 0.15) is 5.60 Å². The van der Waals surface area contributed by atoms with Crippen molar-refractivity contribution >= 4 is 23.4 Å². The van der Waals surface area contributed by atoms with Crippen LogP contribution in [0.1, 0.15) is 58.4 Å². The average Bonchev–Trinajstić information content (AvgIpc) is 3.23. The molecule has 172 valence electrons. The van der Waals surface area contributed by atoms with E-state index in [0.717, 1.165) is 56.0 Å². The van der Waals surface area contributed by atoms with Crippen LogP contribution in [0.25, 0.3) is 0 Å². The fraction of sp³-hybridized carbons (Fsp3) is 0.708. The molecule has 3 aliphatic heterocycles. The molecule has 0 aromatic heterocycles. The highest BCUT2D eigenvalue weighted by Gasteiger charge is 2.46. The highest BCUT2D eigenvalue weighted by Crippen LogP contribution is 2.40. The van der Waals surface area contributed by atoms with Gasteiger partial charge in [0.25, 0.3) is 0 Å². The molecule has 1 aromatic carbocycles. The maximum atomic E-state index is 12.9. The first-order valence-corrected chi connectivity index (χ1v) is 12.0. The summed E-state index contributed by atoms with van der Waals surface area (Å²) < 4.78 is 18.3. The number of benzene rings is 1. The minimum absolute atomic E-state index is 0.139. The number of alkyl carbamates (subject to hydrolysis) is 1. The lowest BCUT2D eigenvalue weighted by atomic mass is 9.96. The average molecular weight is 452 g/mol. The molecule has 0 saturated carbocycles. The number of amides is 1. The predicted octanol–water partition coefficient (Wildman–Crippen LogP) is 5.16. The van der Waals surface area contributed by atoms with Crippen molar-refractivity contribution < 1.29 is 13.9 Å². The number of rotatable bonds is 5. The van der Waals surface area contributed by atoms with Gasteiger partial charge in [0.2, 0.25) is 0 Å². The van der Waals surface area contributed by atoms with E-state index in [1.165, 1.54) is 12.0 Å². The van der Waals surface area contributed by atoms with Crippen LogP contribution in [0.2, 0.25) is 5.02 Å². The fourth-order valence-corrected chi connectivity index (χ4v) is 5.73. The standard InChI is InChI=1S/C24H35ClFN3O2/c1-24(2,3)31-23(30)27-20-13-18-5-7-22(20)29(18)15-17-4-6-21(19(25)12-17)28-10-8-16(14-26)9-11-28/h4,6,12,16,18,20,22H,5,7-11,13-15H2,1-3H3,(H,27,30). The number of nitrogens with one attached hydrogen (secondary N) is 1. The van der Waals surface area contributed by atoms with Crippen molar-refractivity contribution in [2.24, 2.45) is 5.92 Å². The molecule has 31 heavy (non-hydrogen) atoms. The number of alkyl halides is 1. The summed E-state index contributed by atoms with van der Waals surface area (Å²) in [6.45, 7) is 8.00. The van der Waals surface area contributed by atoms with Gasteiger partial charge < -0.3 is 15.0 Å². The largest absolute Gasteiger partial charge is 0.444 e. The van der Waals surface area contributed by atoms with Crippen LogP contribution in [0.3, 0.4) is 0 Å². The zero-order valence-electron chi connectivity index (χ0n) is 18.9. The molecule has 0 aliphatic carbocycles. The van der Waals surface area contributed by atoms with Crippen LogP contribution in [0.4, 0.5) is 14.9 Å². The molecule has 1 amide bonds. The van der Waals surface area contributed by atoms with Gasteiger partial charge in [0.15, 0.2) is 0 Å². The number of ether oxygens (including phenoxy) is 1. The van der Waals surface area contributed by atoms with E-state index in [9.17, 15) is 9.18 Å². The molecule has 5 nitrogen and oxygen atoms in total. The highest BCUT2D eigenvalue weighted by molar-refractivity contribution is 6.33. The van der Waals surface area contributed by atoms with Crippen LogP contribution in [0.15, 0.2) is 18.2 Å². The Morgan fingerprint density at radius 1 is 1.23 bits per heavy atom. The van der Waals surface area contributed by atoms with E-state index in [-0.39, 0.29) is 24.7 Å². The molecule has 0 spiro atoms. The first kappa shape index (κ1) is 22.7. The Morgan fingerprint density at radius 2 is 1.97 bits per heavy atom. The SMILES string of the molecule is CC(C)(C)OC(=O)NC1CC2CCC1N2Cc1ccc(N2CCC(CF)CC2)c(Cl)c1. The van der Waals surface area contributed by atoms with E-state index in [0.29, 0.717) is 12.1 Å². The van der Waals surface area contributed by atoms with E-state index in [2.05, 4.69) is 33.3 Å². The van der Waals surface area contributed by atoms with Gasteiger partial charge in [-0.3, -0.25) is 9.29 Å². The number of carbonyl (C=O) groups excluding carboxylic acids is 1. The molecule has 4 rings (SSSR count). The van der Waals surface area contributed by atoms with Crippen molar-refractivity contribution in [3.63, 3.8) is 0 Å². The number of nitrogens with zero attached hydrogens (tertiary/aromatic N) is 2. The summed E-state index contributed by atoms with van der Waals surface area (Å²) in [5, 5.41) is 3.86. The maximum Gasteiger partial charge on any atom is 0.407 e. The molecule has 3 unspecified atom stereocenters. The second-order valence-electron chi connectivity index (χ2n) is 10.3. The lowest BCUT2D eigenvalue weighted by molar-refractivity contribution is 0.0491. The summed E-state index contributed by atoms with van der Waals surface area (Å²) >= 11 is 6.66. The number of carbonyl (C=O) groups is 1. The number of hydrogen-bond acceptors (Lipinski definition) is 4. The topological polar surface area (TPSA) is 44.8 Å². The molecule has 1 aromatic rings. The maximum absolute atomic E-state index is 12.9. The Hall–Kier alpha value is -1.53. The van der Waals surface area contributed by atoms with Gasteiger partial charge in [-0.05, 0) is 76.5 Å². The smallest absolute Gasteiger partial charge is 0.407 e. The Kier molecular flexibility index (Phi) is 6.68. The summed E-state index contributed by atoms with van der Waals surface area (Å²) in [6, 6.07) is 7.32. The summed E-state index contributed by atoms with van der Waals surface area (Å²) in [6.07, 6.45) is 4.69. The molecule has 3 heterocycles. The lowest BCUT2D eigenvalue weighted by Gasteiger charge is -2.33. The summed E-state index contributed by atoms with van der Waals surface area (Å²) in [5.74, 6) is 0.196. The van der Waals surface area contributed by atoms with Gasteiger partial charge >= 0.3 is 6.09 Å². The lowest BCUT2D eigenvalue weighted by Crippen LogP contribution is -2.45. The quantitative estimate of drug-likeness (QED) is 0.671. The zero-order valence-corrected chi connectivity index (χ0v) is 19.6. The van der Waals surface area contributed by atoms with Crippen LogP contribution >= 0.6 is 11.6 Å². The van der Waals surface area contributed by atoms with Crippen LogP contribution in [0.5, 0.6) is 0 Å². The van der Waals surface area contributed by atoms with E-state index < -0.39 is 5.60 Å². The third-order valence-electron chi connectivity index (χ3n) is 6.93. The Balaban J connectivity index is 1.36. The summed E-state index contributed by atoms with van der Waals surface area (Å²) in [7, 11) is 0. The molecular weight excluding hydrogens is 417 g/mol. The van der Waals surface area contributed by atoms with Crippen LogP contribution in [0, 0.1) is 5.92 Å². The van der Waals surface area contributed by atoms with E-state index in [1.54, 1.807) is 0 Å². The van der Waals surface area contributed by atoms with E-state index >= 15 is 0 Å². The molecule has 7 heteroatoms. The minimum Gasteiger partial charge on any atom is -0.444 e. The van der Waals surface area contributed by atoms with Crippen LogP contribution in [-0.4, -0.2) is 54.5 Å². The van der Waals surface area contributed by atoms with Gasteiger partial charge in [-0.25, -0.2) is 4.79 Å². The minimum atomic E-state index is -0.485. The Morgan fingerprint density at radius 3 is 2.61 bits per heavy atom. The predicted molar refractivity (Wildman–Crippen MR) is 122 cm³/mol.